The highest BCUT2D eigenvalue weighted by molar-refractivity contribution is 5.39. The van der Waals surface area contributed by atoms with Crippen molar-refractivity contribution in [1.82, 2.24) is 10.6 Å². The van der Waals surface area contributed by atoms with Gasteiger partial charge in [-0.2, -0.15) is 0 Å². The Morgan fingerprint density at radius 3 is 2.63 bits per heavy atom. The normalized spacial score (nSPS) is 25.5. The minimum Gasteiger partial charge on any atom is -0.317 e. The quantitative estimate of drug-likeness (QED) is 0.851. The Bertz CT molecular complexity index is 433. The standard InChI is InChI=1S/C17H26N2/c1-13(2)19-16-7-8-17(9-11-18-12-10-17)15-6-4-3-5-14(15)16/h3-6,13,16,18-19H,7-12H2,1-2H3/t16-/m0/s1. The van der Waals surface area contributed by atoms with Crippen molar-refractivity contribution in [3.63, 3.8) is 0 Å². The molecule has 1 atom stereocenters. The smallest absolute Gasteiger partial charge is 0.0325 e. The molecule has 3 rings (SSSR count). The highest BCUT2D eigenvalue weighted by Gasteiger charge is 2.40. The van der Waals surface area contributed by atoms with E-state index >= 15 is 0 Å². The van der Waals surface area contributed by atoms with Crippen LogP contribution in [-0.4, -0.2) is 19.1 Å². The van der Waals surface area contributed by atoms with Crippen LogP contribution in [0.5, 0.6) is 0 Å². The minimum atomic E-state index is 0.455. The molecule has 1 aromatic rings. The first-order chi connectivity index (χ1) is 9.21. The second-order valence-corrected chi connectivity index (χ2v) is 6.53. The van der Waals surface area contributed by atoms with Gasteiger partial charge in [-0.05, 0) is 55.3 Å². The predicted molar refractivity (Wildman–Crippen MR) is 80.5 cm³/mol. The van der Waals surface area contributed by atoms with Crippen LogP contribution in [0.4, 0.5) is 0 Å². The average molecular weight is 258 g/mol. The third-order valence-electron chi connectivity index (χ3n) is 4.91. The van der Waals surface area contributed by atoms with Crippen LogP contribution in [0.1, 0.15) is 56.7 Å². The molecule has 0 unspecified atom stereocenters. The van der Waals surface area contributed by atoms with Gasteiger partial charge in [-0.25, -0.2) is 0 Å². The van der Waals surface area contributed by atoms with E-state index in [-0.39, 0.29) is 0 Å². The number of hydrogen-bond acceptors (Lipinski definition) is 2. The zero-order valence-electron chi connectivity index (χ0n) is 12.2. The molecule has 1 aliphatic carbocycles. The lowest BCUT2D eigenvalue weighted by atomic mass is 9.64. The first-order valence-corrected chi connectivity index (χ1v) is 7.77. The van der Waals surface area contributed by atoms with Gasteiger partial charge < -0.3 is 10.6 Å². The zero-order valence-corrected chi connectivity index (χ0v) is 12.2. The van der Waals surface area contributed by atoms with Gasteiger partial charge in [0.2, 0.25) is 0 Å². The van der Waals surface area contributed by atoms with E-state index in [4.69, 9.17) is 0 Å². The average Bonchev–Trinajstić information content (AvgIpc) is 2.43. The van der Waals surface area contributed by atoms with Crippen LogP contribution in [-0.2, 0) is 5.41 Å². The molecule has 0 amide bonds. The van der Waals surface area contributed by atoms with Crippen LogP contribution in [0, 0.1) is 0 Å². The third kappa shape index (κ3) is 2.44. The fraction of sp³-hybridized carbons (Fsp3) is 0.647. The van der Waals surface area contributed by atoms with E-state index in [1.165, 1.54) is 38.8 Å². The Morgan fingerprint density at radius 1 is 1.16 bits per heavy atom. The van der Waals surface area contributed by atoms with E-state index in [2.05, 4.69) is 48.7 Å². The topological polar surface area (TPSA) is 24.1 Å². The molecule has 1 spiro atoms. The molecule has 0 radical (unpaired) electrons. The van der Waals surface area contributed by atoms with Crippen LogP contribution < -0.4 is 10.6 Å². The molecule has 0 aromatic heterocycles. The van der Waals surface area contributed by atoms with Gasteiger partial charge in [0.25, 0.3) is 0 Å². The molecular formula is C17H26N2. The molecule has 19 heavy (non-hydrogen) atoms. The summed E-state index contributed by atoms with van der Waals surface area (Å²) in [5.41, 5.74) is 3.64. The molecule has 0 saturated carbocycles. The first kappa shape index (κ1) is 13.1. The van der Waals surface area contributed by atoms with Gasteiger partial charge in [0.15, 0.2) is 0 Å². The van der Waals surface area contributed by atoms with E-state index in [1.54, 1.807) is 11.1 Å². The van der Waals surface area contributed by atoms with Gasteiger partial charge in [0.1, 0.15) is 0 Å². The maximum atomic E-state index is 3.74. The number of rotatable bonds is 2. The lowest BCUT2D eigenvalue weighted by Crippen LogP contribution is -2.44. The van der Waals surface area contributed by atoms with Crippen molar-refractivity contribution in [2.75, 3.05) is 13.1 Å². The zero-order chi connectivity index (χ0) is 13.3. The van der Waals surface area contributed by atoms with Crippen molar-refractivity contribution in [3.8, 4) is 0 Å². The minimum absolute atomic E-state index is 0.455. The van der Waals surface area contributed by atoms with Crippen LogP contribution >= 0.6 is 0 Å². The molecule has 1 aliphatic heterocycles. The lowest BCUT2D eigenvalue weighted by molar-refractivity contribution is 0.242. The Balaban J connectivity index is 1.95. The second-order valence-electron chi connectivity index (χ2n) is 6.53. The van der Waals surface area contributed by atoms with Crippen molar-refractivity contribution in [2.24, 2.45) is 0 Å². The van der Waals surface area contributed by atoms with E-state index in [1.807, 2.05) is 0 Å². The van der Waals surface area contributed by atoms with E-state index in [9.17, 15) is 0 Å². The lowest BCUT2D eigenvalue weighted by Gasteiger charge is -2.45. The summed E-state index contributed by atoms with van der Waals surface area (Å²) in [6, 6.07) is 10.3. The van der Waals surface area contributed by atoms with Crippen molar-refractivity contribution in [2.45, 2.75) is 57.0 Å². The highest BCUT2D eigenvalue weighted by atomic mass is 14.9. The number of benzene rings is 1. The van der Waals surface area contributed by atoms with Crippen LogP contribution in [0.3, 0.4) is 0 Å². The number of nitrogens with one attached hydrogen (secondary N) is 2. The number of hydrogen-bond donors (Lipinski definition) is 2. The van der Waals surface area contributed by atoms with Gasteiger partial charge >= 0.3 is 0 Å². The van der Waals surface area contributed by atoms with Gasteiger partial charge in [0, 0.05) is 12.1 Å². The molecule has 2 nitrogen and oxygen atoms in total. The fourth-order valence-corrected chi connectivity index (χ4v) is 3.99. The van der Waals surface area contributed by atoms with Crippen LogP contribution in [0.2, 0.25) is 0 Å². The molecule has 1 aromatic carbocycles. The third-order valence-corrected chi connectivity index (χ3v) is 4.91. The summed E-state index contributed by atoms with van der Waals surface area (Å²) in [6.07, 6.45) is 5.24. The molecule has 2 heteroatoms. The van der Waals surface area contributed by atoms with Gasteiger partial charge in [-0.1, -0.05) is 38.1 Å². The summed E-state index contributed by atoms with van der Waals surface area (Å²) >= 11 is 0. The Hall–Kier alpha value is -0.860. The Kier molecular flexibility index (Phi) is 3.64. The number of fused-ring (bicyclic) bond motifs is 2. The van der Waals surface area contributed by atoms with Gasteiger partial charge in [-0.3, -0.25) is 0 Å². The summed E-state index contributed by atoms with van der Waals surface area (Å²) in [7, 11) is 0. The second kappa shape index (κ2) is 5.26. The Labute approximate surface area is 117 Å². The van der Waals surface area contributed by atoms with Crippen molar-refractivity contribution >= 4 is 0 Å². The highest BCUT2D eigenvalue weighted by Crippen LogP contribution is 2.46. The number of piperidine rings is 1. The molecule has 104 valence electrons. The largest absolute Gasteiger partial charge is 0.317 e. The predicted octanol–water partition coefficient (Wildman–Crippen LogP) is 3.14. The summed E-state index contributed by atoms with van der Waals surface area (Å²) in [6.45, 7) is 6.85. The van der Waals surface area contributed by atoms with Gasteiger partial charge in [0.05, 0.1) is 0 Å². The molecule has 1 saturated heterocycles. The van der Waals surface area contributed by atoms with E-state index in [0.29, 0.717) is 17.5 Å². The van der Waals surface area contributed by atoms with Crippen LogP contribution in [0.15, 0.2) is 24.3 Å². The Morgan fingerprint density at radius 2 is 1.89 bits per heavy atom. The van der Waals surface area contributed by atoms with Crippen molar-refractivity contribution in [3.05, 3.63) is 35.4 Å². The first-order valence-electron chi connectivity index (χ1n) is 7.77. The maximum absolute atomic E-state index is 3.74. The van der Waals surface area contributed by atoms with Gasteiger partial charge in [-0.15, -0.1) is 0 Å². The molecule has 1 heterocycles. The molecule has 0 bridgehead atoms. The summed E-state index contributed by atoms with van der Waals surface area (Å²) in [5.74, 6) is 0. The summed E-state index contributed by atoms with van der Waals surface area (Å²) < 4.78 is 0. The molecular weight excluding hydrogens is 232 g/mol. The van der Waals surface area contributed by atoms with E-state index < -0.39 is 0 Å². The fourth-order valence-electron chi connectivity index (χ4n) is 3.99. The van der Waals surface area contributed by atoms with Crippen LogP contribution in [0.25, 0.3) is 0 Å². The summed E-state index contributed by atoms with van der Waals surface area (Å²) in [4.78, 5) is 0. The maximum Gasteiger partial charge on any atom is 0.0325 e. The molecule has 2 N–H and O–H groups in total. The van der Waals surface area contributed by atoms with Crippen molar-refractivity contribution < 1.29 is 0 Å². The van der Waals surface area contributed by atoms with Crippen molar-refractivity contribution in [1.29, 1.82) is 0 Å². The van der Waals surface area contributed by atoms with E-state index in [0.717, 1.165) is 0 Å². The molecule has 1 fully saturated rings. The molecule has 2 aliphatic rings. The monoisotopic (exact) mass is 258 g/mol. The SMILES string of the molecule is CC(C)N[C@H]1CCC2(CCNCC2)c2ccccc21. The summed E-state index contributed by atoms with van der Waals surface area (Å²) in [5, 5.41) is 7.26.